The quantitative estimate of drug-likeness (QED) is 0.570. The molecule has 0 spiro atoms. The van der Waals surface area contributed by atoms with Crippen molar-refractivity contribution < 1.29 is 19.1 Å². The molecule has 0 aromatic heterocycles. The highest BCUT2D eigenvalue weighted by Crippen LogP contribution is 2.30. The summed E-state index contributed by atoms with van der Waals surface area (Å²) in [5.41, 5.74) is 1.02. The van der Waals surface area contributed by atoms with Crippen LogP contribution in [-0.2, 0) is 19.1 Å². The zero-order chi connectivity index (χ0) is 13.8. The van der Waals surface area contributed by atoms with E-state index in [0.717, 1.165) is 0 Å². The monoisotopic (exact) mass is 258 g/mol. The smallest absolute Gasteiger partial charge is 0.214 e. The molecule has 1 saturated heterocycles. The van der Waals surface area contributed by atoms with E-state index in [1.807, 2.05) is 0 Å². The van der Waals surface area contributed by atoms with E-state index in [2.05, 4.69) is 24.2 Å². The second-order valence-electron chi connectivity index (χ2n) is 5.17. The Labute approximate surface area is 108 Å². The van der Waals surface area contributed by atoms with Crippen LogP contribution in [-0.4, -0.2) is 44.6 Å². The van der Waals surface area contributed by atoms with Gasteiger partial charge in [-0.05, 0) is 13.8 Å². The fourth-order valence-electron chi connectivity index (χ4n) is 1.64. The maximum Gasteiger partial charge on any atom is 0.214 e. The molecule has 0 aromatic rings. The molecule has 18 heavy (non-hydrogen) atoms. The molecule has 0 amide bonds. The summed E-state index contributed by atoms with van der Waals surface area (Å²) >= 11 is 0. The molecule has 1 aliphatic rings. The third kappa shape index (κ3) is 3.43. The Morgan fingerprint density at radius 3 is 1.94 bits per heavy atom. The Bertz CT molecular complexity index is 340. The number of oxime groups is 2. The summed E-state index contributed by atoms with van der Waals surface area (Å²) in [7, 11) is 2.94. The molecule has 0 unspecified atom stereocenters. The highest BCUT2D eigenvalue weighted by Gasteiger charge is 2.42. The van der Waals surface area contributed by atoms with Gasteiger partial charge in [0.15, 0.2) is 5.71 Å². The third-order valence-corrected chi connectivity index (χ3v) is 2.66. The van der Waals surface area contributed by atoms with Gasteiger partial charge in [-0.1, -0.05) is 24.2 Å². The van der Waals surface area contributed by atoms with Crippen LogP contribution >= 0.6 is 0 Å². The standard InChI is InChI=1S/C12H22N2O4/c1-9(13-15-5)10(14-16-6)12(4)17-7-11(2,3)8-18-12/h7-8H2,1-6H3/b13-9+,14-10+. The Kier molecular flexibility index (Phi) is 4.70. The topological polar surface area (TPSA) is 61.6 Å². The first kappa shape index (κ1) is 14.9. The van der Waals surface area contributed by atoms with E-state index in [-0.39, 0.29) is 5.41 Å². The van der Waals surface area contributed by atoms with Crippen molar-refractivity contribution in [2.45, 2.75) is 33.5 Å². The van der Waals surface area contributed by atoms with Crippen molar-refractivity contribution in [1.82, 2.24) is 0 Å². The molecule has 0 aromatic carbocycles. The highest BCUT2D eigenvalue weighted by molar-refractivity contribution is 6.43. The molecule has 104 valence electrons. The second kappa shape index (κ2) is 5.67. The van der Waals surface area contributed by atoms with E-state index in [0.29, 0.717) is 24.6 Å². The van der Waals surface area contributed by atoms with Crippen molar-refractivity contribution in [2.24, 2.45) is 15.7 Å². The summed E-state index contributed by atoms with van der Waals surface area (Å²) in [5, 5.41) is 7.79. The predicted octanol–water partition coefficient (Wildman–Crippen LogP) is 1.80. The zero-order valence-electron chi connectivity index (χ0n) is 11.9. The van der Waals surface area contributed by atoms with Crippen LogP contribution in [0.1, 0.15) is 27.7 Å². The minimum Gasteiger partial charge on any atom is -0.399 e. The summed E-state index contributed by atoms with van der Waals surface area (Å²) < 4.78 is 11.6. The molecule has 0 atom stereocenters. The lowest BCUT2D eigenvalue weighted by Crippen LogP contribution is -2.52. The van der Waals surface area contributed by atoms with Crippen LogP contribution in [0.4, 0.5) is 0 Å². The van der Waals surface area contributed by atoms with Crippen molar-refractivity contribution in [1.29, 1.82) is 0 Å². The van der Waals surface area contributed by atoms with E-state index in [9.17, 15) is 0 Å². The molecule has 0 radical (unpaired) electrons. The van der Waals surface area contributed by atoms with Crippen LogP contribution in [0.5, 0.6) is 0 Å². The van der Waals surface area contributed by atoms with Crippen molar-refractivity contribution in [3.63, 3.8) is 0 Å². The molecule has 1 fully saturated rings. The lowest BCUT2D eigenvalue weighted by molar-refractivity contribution is -0.249. The number of hydrogen-bond acceptors (Lipinski definition) is 6. The van der Waals surface area contributed by atoms with E-state index in [1.54, 1.807) is 13.8 Å². The van der Waals surface area contributed by atoms with Gasteiger partial charge in [0.25, 0.3) is 0 Å². The highest BCUT2D eigenvalue weighted by atomic mass is 16.7. The largest absolute Gasteiger partial charge is 0.399 e. The average molecular weight is 258 g/mol. The fraction of sp³-hybridized carbons (Fsp3) is 0.833. The van der Waals surface area contributed by atoms with Gasteiger partial charge in [-0.2, -0.15) is 0 Å². The van der Waals surface area contributed by atoms with E-state index in [4.69, 9.17) is 19.1 Å². The van der Waals surface area contributed by atoms with Crippen LogP contribution in [0.2, 0.25) is 0 Å². The van der Waals surface area contributed by atoms with Gasteiger partial charge < -0.3 is 19.1 Å². The van der Waals surface area contributed by atoms with Crippen molar-refractivity contribution in [2.75, 3.05) is 27.4 Å². The molecule has 1 aliphatic heterocycles. The first-order chi connectivity index (χ1) is 8.34. The first-order valence-corrected chi connectivity index (χ1v) is 5.82. The van der Waals surface area contributed by atoms with Crippen molar-refractivity contribution in [3.8, 4) is 0 Å². The van der Waals surface area contributed by atoms with Crippen LogP contribution in [0.25, 0.3) is 0 Å². The van der Waals surface area contributed by atoms with Crippen LogP contribution in [0, 0.1) is 5.41 Å². The first-order valence-electron chi connectivity index (χ1n) is 5.82. The molecule has 6 nitrogen and oxygen atoms in total. The zero-order valence-corrected chi connectivity index (χ0v) is 11.9. The Morgan fingerprint density at radius 1 is 1.00 bits per heavy atom. The minimum absolute atomic E-state index is 0.00992. The summed E-state index contributed by atoms with van der Waals surface area (Å²) in [5.74, 6) is -0.961. The number of nitrogens with zero attached hydrogens (tertiary/aromatic N) is 2. The van der Waals surface area contributed by atoms with Gasteiger partial charge in [0.05, 0.1) is 13.2 Å². The summed E-state index contributed by atoms with van der Waals surface area (Å²) in [4.78, 5) is 9.58. The van der Waals surface area contributed by atoms with E-state index >= 15 is 0 Å². The average Bonchev–Trinajstić information content (AvgIpc) is 2.31. The lowest BCUT2D eigenvalue weighted by atomic mass is 9.94. The summed E-state index contributed by atoms with van der Waals surface area (Å²) in [6.07, 6.45) is 0. The Hall–Kier alpha value is -1.14. The number of hydrogen-bond donors (Lipinski definition) is 0. The van der Waals surface area contributed by atoms with E-state index in [1.165, 1.54) is 14.2 Å². The SMILES string of the molecule is CO/N=C(C)/C(=N\OC)C1(C)OCC(C)(C)CO1. The molecule has 6 heteroatoms. The molecule has 0 aliphatic carbocycles. The fourth-order valence-corrected chi connectivity index (χ4v) is 1.64. The van der Waals surface area contributed by atoms with Crippen LogP contribution < -0.4 is 0 Å². The molecule has 0 saturated carbocycles. The predicted molar refractivity (Wildman–Crippen MR) is 68.7 cm³/mol. The molecule has 0 N–H and O–H groups in total. The second-order valence-corrected chi connectivity index (χ2v) is 5.17. The van der Waals surface area contributed by atoms with Crippen LogP contribution in [0.3, 0.4) is 0 Å². The molecule has 0 bridgehead atoms. The third-order valence-electron chi connectivity index (χ3n) is 2.66. The number of rotatable bonds is 4. The normalized spacial score (nSPS) is 23.7. The van der Waals surface area contributed by atoms with Gasteiger partial charge in [0.2, 0.25) is 5.79 Å². The lowest BCUT2D eigenvalue weighted by Gasteiger charge is -2.41. The van der Waals surface area contributed by atoms with Gasteiger partial charge in [-0.25, -0.2) is 0 Å². The summed E-state index contributed by atoms with van der Waals surface area (Å²) in [6.45, 7) is 8.87. The van der Waals surface area contributed by atoms with Gasteiger partial charge in [0.1, 0.15) is 19.9 Å². The van der Waals surface area contributed by atoms with Crippen LogP contribution in [0.15, 0.2) is 10.3 Å². The van der Waals surface area contributed by atoms with Gasteiger partial charge in [-0.3, -0.25) is 0 Å². The van der Waals surface area contributed by atoms with Crippen molar-refractivity contribution >= 4 is 11.4 Å². The maximum absolute atomic E-state index is 5.79. The van der Waals surface area contributed by atoms with Crippen molar-refractivity contribution in [3.05, 3.63) is 0 Å². The Morgan fingerprint density at radius 2 is 1.50 bits per heavy atom. The molecule has 1 heterocycles. The molecular weight excluding hydrogens is 236 g/mol. The van der Waals surface area contributed by atoms with Gasteiger partial charge >= 0.3 is 0 Å². The van der Waals surface area contributed by atoms with Gasteiger partial charge in [0, 0.05) is 5.41 Å². The minimum atomic E-state index is -0.961. The summed E-state index contributed by atoms with van der Waals surface area (Å²) in [6, 6.07) is 0. The Balaban J connectivity index is 2.94. The molecular formula is C12H22N2O4. The maximum atomic E-state index is 5.79. The number of ether oxygens (including phenoxy) is 2. The molecule has 1 rings (SSSR count). The van der Waals surface area contributed by atoms with E-state index < -0.39 is 5.79 Å². The van der Waals surface area contributed by atoms with Gasteiger partial charge in [-0.15, -0.1) is 0 Å².